The number of nitrogens with zero attached hydrogens (tertiary/aromatic N) is 4. The van der Waals surface area contributed by atoms with Gasteiger partial charge in [-0.1, -0.05) is 43.3 Å². The number of fused-ring (bicyclic) bond motifs is 1. The molecule has 0 N–H and O–H groups in total. The highest BCUT2D eigenvalue weighted by molar-refractivity contribution is 5.97. The molecule has 0 saturated heterocycles. The van der Waals surface area contributed by atoms with Crippen LogP contribution < -0.4 is 4.74 Å². The molecule has 4 aromatic rings. The number of pyridine rings is 1. The molecule has 7 heteroatoms. The van der Waals surface area contributed by atoms with E-state index in [1.54, 1.807) is 18.3 Å². The van der Waals surface area contributed by atoms with Gasteiger partial charge in [-0.25, -0.2) is 9.24 Å². The van der Waals surface area contributed by atoms with E-state index >= 15 is 0 Å². The van der Waals surface area contributed by atoms with Crippen LogP contribution in [0.2, 0.25) is 0 Å². The van der Waals surface area contributed by atoms with Gasteiger partial charge in [0.15, 0.2) is 11.5 Å². The molecule has 1 saturated carbocycles. The standard InChI is InChI=1S/C27H25FN4O2/c1-16(2)26-31-27(34-32-26)17-7-10-19(11-8-17)33-24-13-14-30-25-21(5-4-6-22(24)25)20-12-9-18(29-3)15-23(20)28/h4-6,9,12-17,19H,7-8,10-11H2,1-2H3. The largest absolute Gasteiger partial charge is 0.490 e. The Hall–Kier alpha value is -3.79. The minimum atomic E-state index is -0.436. The molecule has 0 unspecified atom stereocenters. The topological polar surface area (TPSA) is 65.4 Å². The van der Waals surface area contributed by atoms with Gasteiger partial charge in [-0.2, -0.15) is 4.98 Å². The second-order valence-electron chi connectivity index (χ2n) is 9.02. The lowest BCUT2D eigenvalue weighted by Crippen LogP contribution is -2.23. The van der Waals surface area contributed by atoms with Gasteiger partial charge in [-0.15, -0.1) is 0 Å². The molecule has 5 rings (SSSR count). The summed E-state index contributed by atoms with van der Waals surface area (Å²) in [5.41, 5.74) is 2.05. The Balaban J connectivity index is 1.35. The molecule has 0 atom stereocenters. The number of benzene rings is 2. The average molecular weight is 457 g/mol. The van der Waals surface area contributed by atoms with Crippen LogP contribution in [0, 0.1) is 12.4 Å². The van der Waals surface area contributed by atoms with E-state index in [0.29, 0.717) is 16.6 Å². The van der Waals surface area contributed by atoms with Gasteiger partial charge < -0.3 is 9.26 Å². The van der Waals surface area contributed by atoms with Crippen LogP contribution in [0.4, 0.5) is 10.1 Å². The molecule has 1 aliphatic carbocycles. The van der Waals surface area contributed by atoms with Crippen molar-refractivity contribution in [2.45, 2.75) is 57.5 Å². The number of para-hydroxylation sites is 1. The highest BCUT2D eigenvalue weighted by Crippen LogP contribution is 2.38. The smallest absolute Gasteiger partial charge is 0.229 e. The van der Waals surface area contributed by atoms with Crippen LogP contribution in [0.25, 0.3) is 26.9 Å². The van der Waals surface area contributed by atoms with E-state index in [4.69, 9.17) is 15.8 Å². The summed E-state index contributed by atoms with van der Waals surface area (Å²) in [6, 6.07) is 12.1. The molecule has 172 valence electrons. The molecule has 2 aromatic heterocycles. The van der Waals surface area contributed by atoms with Crippen molar-refractivity contribution in [3.63, 3.8) is 0 Å². The van der Waals surface area contributed by atoms with Crippen molar-refractivity contribution in [2.75, 3.05) is 0 Å². The van der Waals surface area contributed by atoms with Gasteiger partial charge in [0.05, 0.1) is 18.2 Å². The summed E-state index contributed by atoms with van der Waals surface area (Å²) in [5.74, 6) is 2.31. The molecule has 0 amide bonds. The summed E-state index contributed by atoms with van der Waals surface area (Å²) in [6.07, 6.45) is 5.41. The minimum Gasteiger partial charge on any atom is -0.490 e. The molecule has 0 bridgehead atoms. The fraction of sp³-hybridized carbons (Fsp3) is 0.333. The first kappa shape index (κ1) is 22.0. The van der Waals surface area contributed by atoms with Crippen LogP contribution in [0.3, 0.4) is 0 Å². The van der Waals surface area contributed by atoms with Crippen LogP contribution in [0.1, 0.15) is 63.1 Å². The molecule has 2 aromatic carbocycles. The third-order valence-electron chi connectivity index (χ3n) is 6.39. The van der Waals surface area contributed by atoms with E-state index in [-0.39, 0.29) is 23.6 Å². The molecule has 0 spiro atoms. The Morgan fingerprint density at radius 1 is 1.09 bits per heavy atom. The molecule has 2 heterocycles. The predicted molar refractivity (Wildman–Crippen MR) is 127 cm³/mol. The molecule has 1 fully saturated rings. The zero-order valence-electron chi connectivity index (χ0n) is 19.2. The SMILES string of the molecule is [C-]#[N+]c1ccc(-c2cccc3c(OC4CCC(c5nc(C(C)C)no5)CC4)ccnc23)c(F)c1. The second-order valence-corrected chi connectivity index (χ2v) is 9.02. The molecular weight excluding hydrogens is 431 g/mol. The van der Waals surface area contributed by atoms with Crippen LogP contribution in [0.15, 0.2) is 53.2 Å². The van der Waals surface area contributed by atoms with Gasteiger partial charge in [0.1, 0.15) is 11.6 Å². The van der Waals surface area contributed by atoms with Crippen LogP contribution >= 0.6 is 0 Å². The van der Waals surface area contributed by atoms with Gasteiger partial charge in [-0.3, -0.25) is 4.98 Å². The van der Waals surface area contributed by atoms with Crippen molar-refractivity contribution in [1.29, 1.82) is 0 Å². The van der Waals surface area contributed by atoms with Crippen molar-refractivity contribution >= 4 is 16.6 Å². The van der Waals surface area contributed by atoms with Gasteiger partial charge in [0, 0.05) is 34.5 Å². The predicted octanol–water partition coefficient (Wildman–Crippen LogP) is 7.20. The van der Waals surface area contributed by atoms with E-state index in [9.17, 15) is 4.39 Å². The summed E-state index contributed by atoms with van der Waals surface area (Å²) < 4.78 is 26.6. The molecular formula is C27H25FN4O2. The Morgan fingerprint density at radius 2 is 1.91 bits per heavy atom. The Labute approximate surface area is 197 Å². The fourth-order valence-electron chi connectivity index (χ4n) is 4.52. The summed E-state index contributed by atoms with van der Waals surface area (Å²) in [7, 11) is 0. The first-order chi connectivity index (χ1) is 16.5. The summed E-state index contributed by atoms with van der Waals surface area (Å²) >= 11 is 0. The zero-order valence-corrected chi connectivity index (χ0v) is 19.2. The maximum atomic E-state index is 14.7. The minimum absolute atomic E-state index is 0.0766. The Bertz CT molecular complexity index is 1370. The Kier molecular flexibility index (Phi) is 5.97. The second kappa shape index (κ2) is 9.22. The maximum Gasteiger partial charge on any atom is 0.229 e. The number of hydrogen-bond acceptors (Lipinski definition) is 5. The third-order valence-corrected chi connectivity index (χ3v) is 6.39. The van der Waals surface area contributed by atoms with Crippen LogP contribution in [-0.2, 0) is 0 Å². The number of aromatic nitrogens is 3. The quantitative estimate of drug-likeness (QED) is 0.297. The molecule has 34 heavy (non-hydrogen) atoms. The molecule has 6 nitrogen and oxygen atoms in total. The number of rotatable bonds is 5. The highest BCUT2D eigenvalue weighted by Gasteiger charge is 2.28. The Morgan fingerprint density at radius 3 is 2.62 bits per heavy atom. The van der Waals surface area contributed by atoms with Gasteiger partial charge in [0.25, 0.3) is 0 Å². The van der Waals surface area contributed by atoms with E-state index in [0.717, 1.165) is 48.5 Å². The summed E-state index contributed by atoms with van der Waals surface area (Å²) in [6.45, 7) is 11.2. The van der Waals surface area contributed by atoms with Crippen molar-refractivity contribution in [1.82, 2.24) is 15.1 Å². The lowest BCUT2D eigenvalue weighted by molar-refractivity contribution is 0.141. The lowest BCUT2D eigenvalue weighted by Gasteiger charge is -2.27. The van der Waals surface area contributed by atoms with Crippen molar-refractivity contribution in [3.05, 3.63) is 77.6 Å². The summed E-state index contributed by atoms with van der Waals surface area (Å²) in [4.78, 5) is 12.4. The lowest BCUT2D eigenvalue weighted by atomic mass is 9.87. The van der Waals surface area contributed by atoms with Crippen LogP contribution in [-0.4, -0.2) is 21.2 Å². The van der Waals surface area contributed by atoms with Crippen molar-refractivity contribution in [3.8, 4) is 16.9 Å². The first-order valence-corrected chi connectivity index (χ1v) is 11.6. The maximum absolute atomic E-state index is 14.7. The van der Waals surface area contributed by atoms with E-state index in [2.05, 4.69) is 33.8 Å². The summed E-state index contributed by atoms with van der Waals surface area (Å²) in [5, 5.41) is 4.94. The zero-order chi connectivity index (χ0) is 23.7. The van der Waals surface area contributed by atoms with Gasteiger partial charge >= 0.3 is 0 Å². The molecule has 0 aliphatic heterocycles. The van der Waals surface area contributed by atoms with E-state index < -0.39 is 5.82 Å². The third kappa shape index (κ3) is 4.24. The van der Waals surface area contributed by atoms with Gasteiger partial charge in [0.2, 0.25) is 5.89 Å². The van der Waals surface area contributed by atoms with E-state index in [1.807, 2.05) is 24.3 Å². The van der Waals surface area contributed by atoms with Gasteiger partial charge in [-0.05, 0) is 43.9 Å². The fourth-order valence-corrected chi connectivity index (χ4v) is 4.52. The molecule has 0 radical (unpaired) electrons. The highest BCUT2D eigenvalue weighted by atomic mass is 19.1. The molecule has 1 aliphatic rings. The van der Waals surface area contributed by atoms with Crippen molar-refractivity contribution in [2.24, 2.45) is 0 Å². The van der Waals surface area contributed by atoms with Crippen molar-refractivity contribution < 1.29 is 13.7 Å². The van der Waals surface area contributed by atoms with Crippen LogP contribution in [0.5, 0.6) is 5.75 Å². The van der Waals surface area contributed by atoms with E-state index in [1.165, 1.54) is 6.07 Å². The number of ether oxygens (including phenoxy) is 1. The first-order valence-electron chi connectivity index (χ1n) is 11.6. The number of halogens is 1. The normalized spacial score (nSPS) is 18.2. The average Bonchev–Trinajstić information content (AvgIpc) is 3.35. The number of hydrogen-bond donors (Lipinski definition) is 0. The monoisotopic (exact) mass is 456 g/mol.